The number of fused-ring (bicyclic) bond motifs is 2. The summed E-state index contributed by atoms with van der Waals surface area (Å²) in [7, 11) is 0. The Labute approximate surface area is 140 Å². The zero-order valence-corrected chi connectivity index (χ0v) is 13.1. The number of nitrogens with zero attached hydrogens (tertiary/aromatic N) is 4. The van der Waals surface area contributed by atoms with E-state index in [-0.39, 0.29) is 0 Å². The minimum atomic E-state index is 0.404. The average molecular weight is 343 g/mol. The smallest absolute Gasteiger partial charge is 0.232 e. The largest absolute Gasteiger partial charge is 0.419 e. The van der Waals surface area contributed by atoms with E-state index in [1.807, 2.05) is 12.1 Å². The third-order valence-electron chi connectivity index (χ3n) is 3.32. The van der Waals surface area contributed by atoms with Crippen LogP contribution in [0, 0.1) is 0 Å². The molecule has 2 aromatic carbocycles. The van der Waals surface area contributed by atoms with E-state index in [1.165, 1.54) is 12.7 Å². The van der Waals surface area contributed by atoms with Gasteiger partial charge < -0.3 is 4.74 Å². The van der Waals surface area contributed by atoms with E-state index in [9.17, 15) is 0 Å². The van der Waals surface area contributed by atoms with Gasteiger partial charge in [-0.15, -0.1) is 0 Å². The minimum absolute atomic E-state index is 0.404. The molecule has 0 radical (unpaired) electrons. The highest BCUT2D eigenvalue weighted by Crippen LogP contribution is 2.31. The third-order valence-corrected chi connectivity index (χ3v) is 3.79. The second kappa shape index (κ2) is 5.61. The monoisotopic (exact) mass is 342 g/mol. The Morgan fingerprint density at radius 1 is 0.652 bits per heavy atom. The molecular formula is C16H8Cl2N4O. The Bertz CT molecular complexity index is 956. The number of hydrogen-bond acceptors (Lipinski definition) is 5. The summed E-state index contributed by atoms with van der Waals surface area (Å²) in [6.07, 6.45) is 2.85. The van der Waals surface area contributed by atoms with Crippen molar-refractivity contribution in [3.63, 3.8) is 0 Å². The molecule has 0 spiro atoms. The maximum absolute atomic E-state index is 5.99. The summed E-state index contributed by atoms with van der Waals surface area (Å²) in [5.74, 6) is 0.809. The van der Waals surface area contributed by atoms with Crippen LogP contribution in [0.25, 0.3) is 21.8 Å². The van der Waals surface area contributed by atoms with Gasteiger partial charge in [0.05, 0.1) is 21.8 Å². The second-order valence-electron chi connectivity index (χ2n) is 4.78. The van der Waals surface area contributed by atoms with Crippen LogP contribution < -0.4 is 4.74 Å². The molecule has 0 fully saturated rings. The molecule has 112 valence electrons. The number of hydrogen-bond donors (Lipinski definition) is 0. The molecule has 0 unspecified atom stereocenters. The summed E-state index contributed by atoms with van der Waals surface area (Å²) < 4.78 is 5.90. The molecule has 0 atom stereocenters. The summed E-state index contributed by atoms with van der Waals surface area (Å²) in [6, 6.07) is 10.7. The normalized spacial score (nSPS) is 11.0. The molecule has 0 bridgehead atoms. The lowest BCUT2D eigenvalue weighted by atomic mass is 10.2. The molecule has 7 heteroatoms. The standard InChI is InChI=1S/C16H8Cl2N4O/c17-9-1-3-11-13(5-9)19-7-21-15(11)23-16-12-4-2-10(18)6-14(12)20-8-22-16/h1-8H. The zero-order chi connectivity index (χ0) is 15.8. The molecule has 0 saturated heterocycles. The van der Waals surface area contributed by atoms with Gasteiger partial charge in [0, 0.05) is 10.0 Å². The van der Waals surface area contributed by atoms with Crippen molar-refractivity contribution < 1.29 is 4.74 Å². The van der Waals surface area contributed by atoms with Gasteiger partial charge in [0.2, 0.25) is 11.8 Å². The number of ether oxygens (including phenoxy) is 1. The first kappa shape index (κ1) is 14.1. The topological polar surface area (TPSA) is 60.8 Å². The summed E-state index contributed by atoms with van der Waals surface area (Å²) in [6.45, 7) is 0. The van der Waals surface area contributed by atoms with Crippen molar-refractivity contribution >= 4 is 45.0 Å². The SMILES string of the molecule is Clc1ccc2c(Oc3ncnc4cc(Cl)ccc34)ncnc2c1. The highest BCUT2D eigenvalue weighted by molar-refractivity contribution is 6.31. The maximum atomic E-state index is 5.99. The molecular weight excluding hydrogens is 335 g/mol. The number of rotatable bonds is 2. The Balaban J connectivity index is 1.85. The Morgan fingerprint density at radius 2 is 1.13 bits per heavy atom. The Morgan fingerprint density at radius 3 is 1.61 bits per heavy atom. The molecule has 4 rings (SSSR count). The fourth-order valence-corrected chi connectivity index (χ4v) is 2.60. The average Bonchev–Trinajstić information content (AvgIpc) is 2.54. The van der Waals surface area contributed by atoms with E-state index in [0.717, 1.165) is 10.8 Å². The molecule has 0 aliphatic rings. The minimum Gasteiger partial charge on any atom is -0.419 e. The lowest BCUT2D eigenvalue weighted by Gasteiger charge is -2.08. The molecule has 5 nitrogen and oxygen atoms in total. The number of halogens is 2. The van der Waals surface area contributed by atoms with Crippen LogP contribution in [0.4, 0.5) is 0 Å². The number of benzene rings is 2. The zero-order valence-electron chi connectivity index (χ0n) is 11.6. The van der Waals surface area contributed by atoms with Gasteiger partial charge in [-0.2, -0.15) is 0 Å². The van der Waals surface area contributed by atoms with Crippen molar-refractivity contribution in [2.24, 2.45) is 0 Å². The van der Waals surface area contributed by atoms with Crippen molar-refractivity contribution in [3.8, 4) is 11.8 Å². The van der Waals surface area contributed by atoms with Crippen molar-refractivity contribution in [1.29, 1.82) is 0 Å². The van der Waals surface area contributed by atoms with Crippen LogP contribution in [0.5, 0.6) is 11.8 Å². The van der Waals surface area contributed by atoms with Crippen LogP contribution in [0.2, 0.25) is 10.0 Å². The van der Waals surface area contributed by atoms with Gasteiger partial charge in [0.1, 0.15) is 12.7 Å². The molecule has 0 aliphatic carbocycles. The van der Waals surface area contributed by atoms with Gasteiger partial charge in [-0.1, -0.05) is 23.2 Å². The lowest BCUT2D eigenvalue weighted by Crippen LogP contribution is -1.95. The predicted octanol–water partition coefficient (Wildman–Crippen LogP) is 4.67. The maximum Gasteiger partial charge on any atom is 0.232 e. The number of aromatic nitrogens is 4. The van der Waals surface area contributed by atoms with Crippen molar-refractivity contribution in [3.05, 3.63) is 59.1 Å². The van der Waals surface area contributed by atoms with Crippen LogP contribution in [-0.2, 0) is 0 Å². The summed E-state index contributed by atoms with van der Waals surface area (Å²) in [5.41, 5.74) is 1.40. The van der Waals surface area contributed by atoms with E-state index >= 15 is 0 Å². The van der Waals surface area contributed by atoms with Crippen LogP contribution >= 0.6 is 23.2 Å². The first-order valence-electron chi connectivity index (χ1n) is 6.69. The highest BCUT2D eigenvalue weighted by atomic mass is 35.5. The second-order valence-corrected chi connectivity index (χ2v) is 5.66. The van der Waals surface area contributed by atoms with Crippen LogP contribution in [0.3, 0.4) is 0 Å². The van der Waals surface area contributed by atoms with Gasteiger partial charge in [-0.25, -0.2) is 19.9 Å². The van der Waals surface area contributed by atoms with E-state index in [4.69, 9.17) is 27.9 Å². The summed E-state index contributed by atoms with van der Waals surface area (Å²) in [5, 5.41) is 2.70. The van der Waals surface area contributed by atoms with Gasteiger partial charge in [-0.05, 0) is 36.4 Å². The van der Waals surface area contributed by atoms with E-state index in [1.54, 1.807) is 24.3 Å². The molecule has 0 N–H and O–H groups in total. The Hall–Kier alpha value is -2.50. The van der Waals surface area contributed by atoms with Gasteiger partial charge in [0.25, 0.3) is 0 Å². The molecule has 2 aromatic heterocycles. The predicted molar refractivity (Wildman–Crippen MR) is 89.2 cm³/mol. The first-order chi connectivity index (χ1) is 11.2. The quantitative estimate of drug-likeness (QED) is 0.529. The fraction of sp³-hybridized carbons (Fsp3) is 0. The van der Waals surface area contributed by atoms with Gasteiger partial charge in [0.15, 0.2) is 0 Å². The molecule has 0 aliphatic heterocycles. The summed E-state index contributed by atoms with van der Waals surface area (Å²) >= 11 is 12.0. The van der Waals surface area contributed by atoms with Gasteiger partial charge >= 0.3 is 0 Å². The van der Waals surface area contributed by atoms with Crippen LogP contribution in [-0.4, -0.2) is 19.9 Å². The van der Waals surface area contributed by atoms with Crippen LogP contribution in [0.1, 0.15) is 0 Å². The Kier molecular flexibility index (Phi) is 3.44. The van der Waals surface area contributed by atoms with Crippen molar-refractivity contribution in [1.82, 2.24) is 19.9 Å². The van der Waals surface area contributed by atoms with Crippen LogP contribution in [0.15, 0.2) is 49.1 Å². The third kappa shape index (κ3) is 2.65. The molecule has 4 aromatic rings. The summed E-state index contributed by atoms with van der Waals surface area (Å²) in [4.78, 5) is 16.8. The first-order valence-corrected chi connectivity index (χ1v) is 7.45. The lowest BCUT2D eigenvalue weighted by molar-refractivity contribution is 0.454. The van der Waals surface area contributed by atoms with Gasteiger partial charge in [-0.3, -0.25) is 0 Å². The molecule has 0 saturated carbocycles. The van der Waals surface area contributed by atoms with E-state index < -0.39 is 0 Å². The fourth-order valence-electron chi connectivity index (χ4n) is 2.27. The van der Waals surface area contributed by atoms with Crippen molar-refractivity contribution in [2.45, 2.75) is 0 Å². The van der Waals surface area contributed by atoms with Crippen molar-refractivity contribution in [2.75, 3.05) is 0 Å². The molecule has 23 heavy (non-hydrogen) atoms. The molecule has 0 amide bonds. The molecule has 2 heterocycles. The van der Waals surface area contributed by atoms with E-state index in [2.05, 4.69) is 19.9 Å². The highest BCUT2D eigenvalue weighted by Gasteiger charge is 2.11. The van der Waals surface area contributed by atoms with E-state index in [0.29, 0.717) is 32.8 Å².